The molecular weight excluding hydrogens is 196 g/mol. The van der Waals surface area contributed by atoms with Crippen molar-refractivity contribution < 1.29 is 0 Å². The smallest absolute Gasteiger partial charge is 0.0217 e. The molecule has 0 radical (unpaired) electrons. The van der Waals surface area contributed by atoms with Crippen molar-refractivity contribution in [1.82, 2.24) is 10.2 Å². The standard InChI is InChI=1S/C14H30N2/c1-5-7-13(4)10-16-9-6-8-15-14(11-16)12(2)3/h12-15H,5-11H2,1-4H3. The Balaban J connectivity index is 2.39. The highest BCUT2D eigenvalue weighted by Gasteiger charge is 2.20. The fourth-order valence-corrected chi connectivity index (χ4v) is 2.66. The number of hydrogen-bond donors (Lipinski definition) is 1. The van der Waals surface area contributed by atoms with Crippen molar-refractivity contribution in [1.29, 1.82) is 0 Å². The molecule has 1 N–H and O–H groups in total. The number of nitrogens with one attached hydrogen (secondary N) is 1. The van der Waals surface area contributed by atoms with E-state index in [1.54, 1.807) is 0 Å². The molecule has 2 atom stereocenters. The summed E-state index contributed by atoms with van der Waals surface area (Å²) in [5.74, 6) is 1.61. The van der Waals surface area contributed by atoms with Gasteiger partial charge in [0.1, 0.15) is 0 Å². The molecule has 0 aromatic heterocycles. The summed E-state index contributed by atoms with van der Waals surface area (Å²) in [6.07, 6.45) is 4.00. The molecule has 96 valence electrons. The van der Waals surface area contributed by atoms with E-state index in [1.165, 1.54) is 45.4 Å². The largest absolute Gasteiger partial charge is 0.312 e. The maximum atomic E-state index is 3.67. The second-order valence-corrected chi connectivity index (χ2v) is 5.81. The molecular formula is C14H30N2. The van der Waals surface area contributed by atoms with Crippen LogP contribution in [-0.4, -0.2) is 37.1 Å². The van der Waals surface area contributed by atoms with Gasteiger partial charge in [-0.1, -0.05) is 34.1 Å². The maximum Gasteiger partial charge on any atom is 0.0217 e. The Morgan fingerprint density at radius 3 is 2.69 bits per heavy atom. The summed E-state index contributed by atoms with van der Waals surface area (Å²) in [7, 11) is 0. The zero-order valence-corrected chi connectivity index (χ0v) is 11.6. The normalized spacial score (nSPS) is 25.7. The quantitative estimate of drug-likeness (QED) is 0.775. The molecule has 1 heterocycles. The summed E-state index contributed by atoms with van der Waals surface area (Å²) >= 11 is 0. The molecule has 1 aliphatic rings. The van der Waals surface area contributed by atoms with Gasteiger partial charge in [-0.05, 0) is 37.8 Å². The summed E-state index contributed by atoms with van der Waals surface area (Å²) < 4.78 is 0. The molecule has 1 rings (SSSR count). The van der Waals surface area contributed by atoms with E-state index < -0.39 is 0 Å². The topological polar surface area (TPSA) is 15.3 Å². The minimum Gasteiger partial charge on any atom is -0.312 e. The molecule has 0 aromatic rings. The lowest BCUT2D eigenvalue weighted by atomic mass is 10.0. The Bertz CT molecular complexity index is 180. The second-order valence-electron chi connectivity index (χ2n) is 5.81. The van der Waals surface area contributed by atoms with E-state index in [1.807, 2.05) is 0 Å². The molecule has 2 heteroatoms. The Labute approximate surface area is 102 Å². The average Bonchev–Trinajstić information content (AvgIpc) is 2.43. The minimum atomic E-state index is 0.691. The van der Waals surface area contributed by atoms with Gasteiger partial charge < -0.3 is 10.2 Å². The summed E-state index contributed by atoms with van der Waals surface area (Å²) in [6.45, 7) is 14.4. The second kappa shape index (κ2) is 7.29. The van der Waals surface area contributed by atoms with Crippen molar-refractivity contribution in [2.75, 3.05) is 26.2 Å². The lowest BCUT2D eigenvalue weighted by Gasteiger charge is -2.28. The zero-order valence-electron chi connectivity index (χ0n) is 11.6. The van der Waals surface area contributed by atoms with Gasteiger partial charge in [-0.25, -0.2) is 0 Å². The van der Waals surface area contributed by atoms with Crippen molar-refractivity contribution in [2.45, 2.75) is 53.0 Å². The van der Waals surface area contributed by atoms with Gasteiger partial charge in [0.05, 0.1) is 0 Å². The van der Waals surface area contributed by atoms with Gasteiger partial charge >= 0.3 is 0 Å². The van der Waals surface area contributed by atoms with Gasteiger partial charge in [0.15, 0.2) is 0 Å². The first-order valence-electron chi connectivity index (χ1n) is 7.09. The van der Waals surface area contributed by atoms with Crippen LogP contribution in [0.2, 0.25) is 0 Å². The van der Waals surface area contributed by atoms with Crippen LogP contribution in [0, 0.1) is 11.8 Å². The van der Waals surface area contributed by atoms with E-state index in [0.29, 0.717) is 6.04 Å². The van der Waals surface area contributed by atoms with E-state index in [2.05, 4.69) is 37.9 Å². The molecule has 1 saturated heterocycles. The van der Waals surface area contributed by atoms with E-state index in [4.69, 9.17) is 0 Å². The van der Waals surface area contributed by atoms with Crippen LogP contribution in [0.4, 0.5) is 0 Å². The van der Waals surface area contributed by atoms with E-state index in [-0.39, 0.29) is 0 Å². The maximum absolute atomic E-state index is 3.67. The molecule has 0 saturated carbocycles. The predicted octanol–water partition coefficient (Wildman–Crippen LogP) is 2.74. The van der Waals surface area contributed by atoms with Crippen molar-refractivity contribution >= 4 is 0 Å². The van der Waals surface area contributed by atoms with Crippen LogP contribution < -0.4 is 5.32 Å². The first-order chi connectivity index (χ1) is 7.63. The van der Waals surface area contributed by atoms with Gasteiger partial charge in [-0.2, -0.15) is 0 Å². The first-order valence-corrected chi connectivity index (χ1v) is 7.09. The van der Waals surface area contributed by atoms with E-state index in [0.717, 1.165) is 11.8 Å². The summed E-state index contributed by atoms with van der Waals surface area (Å²) in [5, 5.41) is 3.67. The van der Waals surface area contributed by atoms with Crippen LogP contribution in [-0.2, 0) is 0 Å². The van der Waals surface area contributed by atoms with E-state index in [9.17, 15) is 0 Å². The minimum absolute atomic E-state index is 0.691. The Kier molecular flexibility index (Phi) is 6.37. The first kappa shape index (κ1) is 14.0. The molecule has 2 unspecified atom stereocenters. The Morgan fingerprint density at radius 2 is 2.06 bits per heavy atom. The number of rotatable bonds is 5. The molecule has 16 heavy (non-hydrogen) atoms. The number of nitrogens with zero attached hydrogens (tertiary/aromatic N) is 1. The third-order valence-electron chi connectivity index (χ3n) is 3.67. The molecule has 0 bridgehead atoms. The fourth-order valence-electron chi connectivity index (χ4n) is 2.66. The summed E-state index contributed by atoms with van der Waals surface area (Å²) in [5.41, 5.74) is 0. The zero-order chi connectivity index (χ0) is 12.0. The van der Waals surface area contributed by atoms with Crippen molar-refractivity contribution in [2.24, 2.45) is 11.8 Å². The Hall–Kier alpha value is -0.0800. The molecule has 2 nitrogen and oxygen atoms in total. The van der Waals surface area contributed by atoms with Crippen LogP contribution in [0.25, 0.3) is 0 Å². The lowest BCUT2D eigenvalue weighted by molar-refractivity contribution is 0.212. The Morgan fingerprint density at radius 1 is 1.31 bits per heavy atom. The highest BCUT2D eigenvalue weighted by atomic mass is 15.2. The van der Waals surface area contributed by atoms with Gasteiger partial charge in [-0.15, -0.1) is 0 Å². The molecule has 0 aliphatic carbocycles. The number of hydrogen-bond acceptors (Lipinski definition) is 2. The van der Waals surface area contributed by atoms with Gasteiger partial charge in [0.25, 0.3) is 0 Å². The van der Waals surface area contributed by atoms with E-state index >= 15 is 0 Å². The highest BCUT2D eigenvalue weighted by Crippen LogP contribution is 2.13. The molecule has 0 spiro atoms. The van der Waals surface area contributed by atoms with Crippen molar-refractivity contribution in [3.05, 3.63) is 0 Å². The fraction of sp³-hybridized carbons (Fsp3) is 1.00. The van der Waals surface area contributed by atoms with Crippen molar-refractivity contribution in [3.63, 3.8) is 0 Å². The van der Waals surface area contributed by atoms with Gasteiger partial charge in [-0.3, -0.25) is 0 Å². The third-order valence-corrected chi connectivity index (χ3v) is 3.67. The highest BCUT2D eigenvalue weighted by molar-refractivity contribution is 4.79. The predicted molar refractivity (Wildman–Crippen MR) is 71.8 cm³/mol. The van der Waals surface area contributed by atoms with Crippen LogP contribution in [0.3, 0.4) is 0 Å². The third kappa shape index (κ3) is 4.84. The summed E-state index contributed by atoms with van der Waals surface area (Å²) in [6, 6.07) is 0.691. The van der Waals surface area contributed by atoms with Crippen molar-refractivity contribution in [3.8, 4) is 0 Å². The molecule has 0 amide bonds. The monoisotopic (exact) mass is 226 g/mol. The molecule has 1 aliphatic heterocycles. The van der Waals surface area contributed by atoms with Gasteiger partial charge in [0, 0.05) is 19.1 Å². The van der Waals surface area contributed by atoms with Crippen LogP contribution in [0.15, 0.2) is 0 Å². The van der Waals surface area contributed by atoms with Gasteiger partial charge in [0.2, 0.25) is 0 Å². The molecule has 0 aromatic carbocycles. The average molecular weight is 226 g/mol. The van der Waals surface area contributed by atoms with Crippen LogP contribution in [0.1, 0.15) is 47.0 Å². The van der Waals surface area contributed by atoms with Crippen LogP contribution >= 0.6 is 0 Å². The summed E-state index contributed by atoms with van der Waals surface area (Å²) in [4.78, 5) is 2.67. The SMILES string of the molecule is CCCC(C)CN1CCCNC(C(C)C)C1. The lowest BCUT2D eigenvalue weighted by Crippen LogP contribution is -2.42. The molecule has 1 fully saturated rings. The van der Waals surface area contributed by atoms with Crippen LogP contribution in [0.5, 0.6) is 0 Å².